The molecule has 116 valence electrons. The molecule has 0 aromatic heterocycles. The summed E-state index contributed by atoms with van der Waals surface area (Å²) in [6.45, 7) is 2.06. The maximum absolute atomic E-state index is 11.4. The number of benzene rings is 2. The van der Waals surface area contributed by atoms with Crippen molar-refractivity contribution in [2.45, 2.75) is 19.8 Å². The summed E-state index contributed by atoms with van der Waals surface area (Å²) >= 11 is 3.64. The minimum Gasteiger partial charge on any atom is -0.497 e. The highest BCUT2D eigenvalue weighted by molar-refractivity contribution is 9.10. The van der Waals surface area contributed by atoms with Gasteiger partial charge in [0.05, 0.1) is 19.8 Å². The molecule has 2 aromatic carbocycles. The van der Waals surface area contributed by atoms with Gasteiger partial charge in [-0.05, 0) is 60.7 Å². The number of halogens is 1. The van der Waals surface area contributed by atoms with Gasteiger partial charge in [-0.25, -0.2) is 4.79 Å². The lowest BCUT2D eigenvalue weighted by Crippen LogP contribution is -2.01. The summed E-state index contributed by atoms with van der Waals surface area (Å²) in [5.41, 5.74) is 4.13. The maximum Gasteiger partial charge on any atom is 0.337 e. The largest absolute Gasteiger partial charge is 0.497 e. The zero-order chi connectivity index (χ0) is 16.1. The smallest absolute Gasteiger partial charge is 0.337 e. The molecule has 0 saturated heterocycles. The molecule has 2 aromatic rings. The molecule has 0 fully saturated rings. The minimum atomic E-state index is -0.308. The Labute approximate surface area is 139 Å². The molecule has 0 aliphatic heterocycles. The summed E-state index contributed by atoms with van der Waals surface area (Å²) in [6, 6.07) is 11.6. The first kappa shape index (κ1) is 16.6. The van der Waals surface area contributed by atoms with E-state index in [-0.39, 0.29) is 5.97 Å². The number of hydrogen-bond acceptors (Lipinski definition) is 3. The second-order valence-corrected chi connectivity index (χ2v) is 5.90. The van der Waals surface area contributed by atoms with E-state index in [0.29, 0.717) is 5.56 Å². The number of carbonyl (C=O) groups is 1. The van der Waals surface area contributed by atoms with Gasteiger partial charge in [0.15, 0.2) is 0 Å². The fraction of sp³-hybridized carbons (Fsp3) is 0.278. The van der Waals surface area contributed by atoms with E-state index in [1.54, 1.807) is 19.2 Å². The number of rotatable bonds is 5. The van der Waals surface area contributed by atoms with Crippen molar-refractivity contribution >= 4 is 21.9 Å². The van der Waals surface area contributed by atoms with Gasteiger partial charge in [0.2, 0.25) is 0 Å². The highest BCUT2D eigenvalue weighted by Gasteiger charge is 2.08. The van der Waals surface area contributed by atoms with Crippen LogP contribution in [-0.4, -0.2) is 20.2 Å². The topological polar surface area (TPSA) is 35.5 Å². The fourth-order valence-electron chi connectivity index (χ4n) is 2.31. The highest BCUT2D eigenvalue weighted by atomic mass is 79.9. The normalized spacial score (nSPS) is 10.4. The number of hydrogen-bond donors (Lipinski definition) is 0. The van der Waals surface area contributed by atoms with Crippen LogP contribution in [-0.2, 0) is 17.6 Å². The molecular weight excluding hydrogens is 344 g/mol. The van der Waals surface area contributed by atoms with E-state index in [1.165, 1.54) is 18.2 Å². The molecule has 2 rings (SSSR count). The van der Waals surface area contributed by atoms with Crippen LogP contribution in [0.5, 0.6) is 5.75 Å². The SMILES string of the molecule is COC(=O)c1ccc(CCc2cc(OC)cc(C)c2Br)cc1. The third-order valence-electron chi connectivity index (χ3n) is 3.60. The second-order valence-electron chi connectivity index (χ2n) is 5.11. The fourth-order valence-corrected chi connectivity index (χ4v) is 2.74. The molecule has 22 heavy (non-hydrogen) atoms. The number of ether oxygens (including phenoxy) is 2. The number of aryl methyl sites for hydroxylation is 3. The Balaban J connectivity index is 2.10. The Bertz CT molecular complexity index is 663. The van der Waals surface area contributed by atoms with Gasteiger partial charge in [0.25, 0.3) is 0 Å². The summed E-state index contributed by atoms with van der Waals surface area (Å²) in [5.74, 6) is 0.564. The lowest BCUT2D eigenvalue weighted by Gasteiger charge is -2.10. The van der Waals surface area contributed by atoms with Gasteiger partial charge >= 0.3 is 5.97 Å². The molecule has 3 nitrogen and oxygen atoms in total. The van der Waals surface area contributed by atoms with E-state index in [1.807, 2.05) is 18.2 Å². The first-order valence-corrected chi connectivity index (χ1v) is 7.84. The molecule has 0 bridgehead atoms. The van der Waals surface area contributed by atoms with Gasteiger partial charge in [0, 0.05) is 4.47 Å². The van der Waals surface area contributed by atoms with E-state index in [9.17, 15) is 4.79 Å². The van der Waals surface area contributed by atoms with Crippen molar-refractivity contribution in [2.24, 2.45) is 0 Å². The van der Waals surface area contributed by atoms with Crippen LogP contribution in [0.2, 0.25) is 0 Å². The van der Waals surface area contributed by atoms with Crippen LogP contribution < -0.4 is 4.74 Å². The van der Waals surface area contributed by atoms with Crippen molar-refractivity contribution in [1.82, 2.24) is 0 Å². The third-order valence-corrected chi connectivity index (χ3v) is 4.73. The van der Waals surface area contributed by atoms with E-state index >= 15 is 0 Å². The van der Waals surface area contributed by atoms with Crippen LogP contribution in [0.3, 0.4) is 0 Å². The number of carbonyl (C=O) groups excluding carboxylic acids is 1. The van der Waals surface area contributed by atoms with Crippen LogP contribution in [0, 0.1) is 6.92 Å². The quantitative estimate of drug-likeness (QED) is 0.742. The number of esters is 1. The van der Waals surface area contributed by atoms with Crippen molar-refractivity contribution in [1.29, 1.82) is 0 Å². The van der Waals surface area contributed by atoms with Crippen LogP contribution in [0.4, 0.5) is 0 Å². The molecule has 0 radical (unpaired) electrons. The summed E-state index contributed by atoms with van der Waals surface area (Å²) in [7, 11) is 3.07. The summed E-state index contributed by atoms with van der Waals surface area (Å²) in [5, 5.41) is 0. The number of methoxy groups -OCH3 is 2. The summed E-state index contributed by atoms with van der Waals surface area (Å²) in [6.07, 6.45) is 1.79. The van der Waals surface area contributed by atoms with Crippen LogP contribution >= 0.6 is 15.9 Å². The average Bonchev–Trinajstić information content (AvgIpc) is 2.55. The minimum absolute atomic E-state index is 0.308. The first-order chi connectivity index (χ1) is 10.5. The molecule has 0 unspecified atom stereocenters. The zero-order valence-electron chi connectivity index (χ0n) is 13.0. The average molecular weight is 363 g/mol. The van der Waals surface area contributed by atoms with Crippen molar-refractivity contribution in [3.63, 3.8) is 0 Å². The van der Waals surface area contributed by atoms with Crippen molar-refractivity contribution < 1.29 is 14.3 Å². The van der Waals surface area contributed by atoms with Gasteiger partial charge in [0.1, 0.15) is 5.75 Å². The molecule has 0 aliphatic carbocycles. The molecule has 0 heterocycles. The molecule has 0 aliphatic rings. The van der Waals surface area contributed by atoms with Crippen molar-refractivity contribution in [2.75, 3.05) is 14.2 Å². The van der Waals surface area contributed by atoms with E-state index in [4.69, 9.17) is 9.47 Å². The molecule has 0 N–H and O–H groups in total. The lowest BCUT2D eigenvalue weighted by atomic mass is 10.0. The predicted molar refractivity (Wildman–Crippen MR) is 90.6 cm³/mol. The van der Waals surface area contributed by atoms with Gasteiger partial charge in [-0.15, -0.1) is 0 Å². The molecular formula is C18H19BrO3. The van der Waals surface area contributed by atoms with Crippen molar-refractivity contribution in [3.8, 4) is 5.75 Å². The first-order valence-electron chi connectivity index (χ1n) is 7.05. The van der Waals surface area contributed by atoms with E-state index in [0.717, 1.165) is 28.6 Å². The molecule has 0 amide bonds. The standard InChI is InChI=1S/C18H19BrO3/c1-12-10-16(21-2)11-15(17(12)19)9-6-13-4-7-14(8-5-13)18(20)22-3/h4-5,7-8,10-11H,6,9H2,1-3H3. The lowest BCUT2D eigenvalue weighted by molar-refractivity contribution is 0.0600. The second kappa shape index (κ2) is 7.45. The Kier molecular flexibility index (Phi) is 5.61. The molecule has 0 spiro atoms. The summed E-state index contributed by atoms with van der Waals surface area (Å²) in [4.78, 5) is 11.4. The van der Waals surface area contributed by atoms with Crippen LogP contribution in [0.1, 0.15) is 27.0 Å². The summed E-state index contributed by atoms with van der Waals surface area (Å²) < 4.78 is 11.2. The Morgan fingerprint density at radius 3 is 2.36 bits per heavy atom. The van der Waals surface area contributed by atoms with Gasteiger partial charge in [-0.1, -0.05) is 28.1 Å². The highest BCUT2D eigenvalue weighted by Crippen LogP contribution is 2.28. The monoisotopic (exact) mass is 362 g/mol. The zero-order valence-corrected chi connectivity index (χ0v) is 14.6. The Morgan fingerprint density at radius 1 is 1.09 bits per heavy atom. The molecule has 0 saturated carbocycles. The van der Waals surface area contributed by atoms with Crippen molar-refractivity contribution in [3.05, 3.63) is 63.1 Å². The maximum atomic E-state index is 11.4. The Hall–Kier alpha value is -1.81. The van der Waals surface area contributed by atoms with Gasteiger partial charge in [-0.3, -0.25) is 0 Å². The van der Waals surface area contributed by atoms with Crippen LogP contribution in [0.25, 0.3) is 0 Å². The molecule has 4 heteroatoms. The van der Waals surface area contributed by atoms with E-state index in [2.05, 4.69) is 28.9 Å². The van der Waals surface area contributed by atoms with Gasteiger partial charge < -0.3 is 9.47 Å². The third kappa shape index (κ3) is 3.89. The Morgan fingerprint density at radius 2 is 1.77 bits per heavy atom. The van der Waals surface area contributed by atoms with Crippen LogP contribution in [0.15, 0.2) is 40.9 Å². The predicted octanol–water partition coefficient (Wildman–Crippen LogP) is 4.34. The van der Waals surface area contributed by atoms with E-state index < -0.39 is 0 Å². The molecule has 0 atom stereocenters. The van der Waals surface area contributed by atoms with Gasteiger partial charge in [-0.2, -0.15) is 0 Å².